The minimum atomic E-state index is -0.341. The molecule has 1 aliphatic rings. The molecular weight excluding hydrogens is 434 g/mol. The minimum absolute atomic E-state index is 0.168. The quantitative estimate of drug-likeness (QED) is 0.430. The number of thiophene rings is 1. The molecule has 0 atom stereocenters. The van der Waals surface area contributed by atoms with Gasteiger partial charge >= 0.3 is 0 Å². The molecule has 3 aromatic rings. The molecule has 0 spiro atoms. The Morgan fingerprint density at radius 3 is 2.61 bits per heavy atom. The summed E-state index contributed by atoms with van der Waals surface area (Å²) in [6.07, 6.45) is 5.95. The Bertz CT molecular complexity index is 1290. The number of hydrogen-bond donors (Lipinski definition) is 2. The molecule has 0 unspecified atom stereocenters. The molecule has 0 saturated carbocycles. The predicted molar refractivity (Wildman–Crippen MR) is 130 cm³/mol. The molecule has 2 N–H and O–H groups in total. The predicted octanol–water partition coefficient (Wildman–Crippen LogP) is 4.63. The number of nitrogens with zero attached hydrogens (tertiary/aromatic N) is 3. The van der Waals surface area contributed by atoms with Crippen molar-refractivity contribution in [3.05, 3.63) is 68.9 Å². The summed E-state index contributed by atoms with van der Waals surface area (Å²) in [5, 5.41) is 17.6. The largest absolute Gasteiger partial charge is 0.326 e. The van der Waals surface area contributed by atoms with Gasteiger partial charge in [-0.15, -0.1) is 11.3 Å². The lowest BCUT2D eigenvalue weighted by Gasteiger charge is -2.10. The van der Waals surface area contributed by atoms with Gasteiger partial charge in [0.15, 0.2) is 0 Å². The molecule has 0 aliphatic heterocycles. The van der Waals surface area contributed by atoms with Gasteiger partial charge in [-0.1, -0.05) is 0 Å². The van der Waals surface area contributed by atoms with Gasteiger partial charge in [0.1, 0.15) is 11.1 Å². The Morgan fingerprint density at radius 1 is 1.18 bits per heavy atom. The number of fused-ring (bicyclic) bond motifs is 1. The molecule has 1 aliphatic carbocycles. The topological polar surface area (TPSA) is 99.3 Å². The smallest absolute Gasteiger partial charge is 0.271 e. The highest BCUT2D eigenvalue weighted by Gasteiger charge is 2.23. The maximum atomic E-state index is 12.4. The molecule has 4 rings (SSSR count). The highest BCUT2D eigenvalue weighted by Crippen LogP contribution is 2.38. The van der Waals surface area contributed by atoms with Crippen LogP contribution in [-0.4, -0.2) is 22.6 Å². The lowest BCUT2D eigenvalue weighted by Crippen LogP contribution is -2.17. The van der Waals surface area contributed by atoms with Crippen molar-refractivity contribution in [2.45, 2.75) is 46.5 Å². The molecule has 2 aromatic heterocycles. The molecular formula is C25H25N5O2S. The number of amides is 2. The van der Waals surface area contributed by atoms with E-state index in [1.807, 2.05) is 19.9 Å². The Kier molecular flexibility index (Phi) is 6.43. The monoisotopic (exact) mass is 459 g/mol. The maximum absolute atomic E-state index is 12.4. The van der Waals surface area contributed by atoms with Crippen LogP contribution < -0.4 is 10.7 Å². The van der Waals surface area contributed by atoms with E-state index in [0.29, 0.717) is 11.3 Å². The molecule has 2 amide bonds. The van der Waals surface area contributed by atoms with Crippen molar-refractivity contribution in [3.63, 3.8) is 0 Å². The third-order valence-electron chi connectivity index (χ3n) is 5.78. The van der Waals surface area contributed by atoms with Crippen LogP contribution >= 0.6 is 11.3 Å². The average molecular weight is 460 g/mol. The molecule has 2 heterocycles. The van der Waals surface area contributed by atoms with Crippen LogP contribution in [0.2, 0.25) is 0 Å². The summed E-state index contributed by atoms with van der Waals surface area (Å²) in [6, 6.07) is 11.0. The van der Waals surface area contributed by atoms with Crippen molar-refractivity contribution >= 4 is 35.1 Å². The summed E-state index contributed by atoms with van der Waals surface area (Å²) in [5.41, 5.74) is 8.48. The zero-order valence-corrected chi connectivity index (χ0v) is 19.7. The number of rotatable bonds is 5. The molecule has 1 aromatic carbocycles. The van der Waals surface area contributed by atoms with Crippen LogP contribution in [0.5, 0.6) is 0 Å². The van der Waals surface area contributed by atoms with Gasteiger partial charge in [-0.2, -0.15) is 10.4 Å². The second kappa shape index (κ2) is 9.43. The molecule has 7 nitrogen and oxygen atoms in total. The van der Waals surface area contributed by atoms with Gasteiger partial charge in [0.2, 0.25) is 5.91 Å². The number of aryl methyl sites for hydroxylation is 2. The van der Waals surface area contributed by atoms with Crippen molar-refractivity contribution < 1.29 is 9.59 Å². The lowest BCUT2D eigenvalue weighted by atomic mass is 9.96. The molecule has 168 valence electrons. The van der Waals surface area contributed by atoms with Crippen molar-refractivity contribution in [1.29, 1.82) is 5.26 Å². The summed E-state index contributed by atoms with van der Waals surface area (Å²) >= 11 is 1.71. The van der Waals surface area contributed by atoms with Crippen molar-refractivity contribution in [1.82, 2.24) is 9.99 Å². The van der Waals surface area contributed by atoms with Crippen molar-refractivity contribution in [2.75, 3.05) is 5.32 Å². The van der Waals surface area contributed by atoms with Crippen molar-refractivity contribution in [2.24, 2.45) is 5.10 Å². The van der Waals surface area contributed by atoms with Gasteiger partial charge in [0, 0.05) is 40.0 Å². The summed E-state index contributed by atoms with van der Waals surface area (Å²) in [7, 11) is 0. The molecule has 0 fully saturated rings. The van der Waals surface area contributed by atoms with E-state index in [4.69, 9.17) is 0 Å². The van der Waals surface area contributed by atoms with E-state index in [1.54, 1.807) is 41.8 Å². The third kappa shape index (κ3) is 4.59. The van der Waals surface area contributed by atoms with Gasteiger partial charge < -0.3 is 9.88 Å². The normalized spacial score (nSPS) is 12.9. The first-order valence-electron chi connectivity index (χ1n) is 10.8. The van der Waals surface area contributed by atoms with E-state index < -0.39 is 0 Å². The highest BCUT2D eigenvalue weighted by atomic mass is 32.1. The van der Waals surface area contributed by atoms with E-state index in [-0.39, 0.29) is 11.8 Å². The summed E-state index contributed by atoms with van der Waals surface area (Å²) in [4.78, 5) is 24.8. The number of anilines is 1. The number of aromatic nitrogens is 1. The van der Waals surface area contributed by atoms with Crippen LogP contribution in [0.4, 0.5) is 5.69 Å². The molecule has 8 heteroatoms. The first kappa shape index (κ1) is 22.5. The van der Waals surface area contributed by atoms with Crippen LogP contribution in [0.25, 0.3) is 5.00 Å². The lowest BCUT2D eigenvalue weighted by molar-refractivity contribution is -0.114. The number of nitrogens with one attached hydrogen (secondary N) is 2. The fraction of sp³-hybridized carbons (Fsp3) is 0.280. The van der Waals surface area contributed by atoms with Crippen LogP contribution in [0.1, 0.15) is 63.1 Å². The fourth-order valence-electron chi connectivity index (χ4n) is 4.19. The number of carbonyl (C=O) groups is 2. The maximum Gasteiger partial charge on any atom is 0.271 e. The summed E-state index contributed by atoms with van der Waals surface area (Å²) in [6.45, 7) is 5.44. The van der Waals surface area contributed by atoms with Crippen molar-refractivity contribution in [3.8, 4) is 11.1 Å². The van der Waals surface area contributed by atoms with E-state index in [1.165, 1.54) is 23.8 Å². The average Bonchev–Trinajstić information content (AvgIpc) is 3.29. The van der Waals surface area contributed by atoms with E-state index in [9.17, 15) is 14.9 Å². The number of hydrogen-bond acceptors (Lipinski definition) is 5. The van der Waals surface area contributed by atoms with E-state index >= 15 is 0 Å². The summed E-state index contributed by atoms with van der Waals surface area (Å²) < 4.78 is 2.12. The van der Waals surface area contributed by atoms with Crippen LogP contribution in [0.3, 0.4) is 0 Å². The van der Waals surface area contributed by atoms with E-state index in [2.05, 4.69) is 26.5 Å². The minimum Gasteiger partial charge on any atom is -0.326 e. The second-order valence-corrected chi connectivity index (χ2v) is 9.21. The highest BCUT2D eigenvalue weighted by molar-refractivity contribution is 7.15. The SMILES string of the molecule is CC(=O)Nc1ccc(C(=O)N/N=C\c2cc(C)n(-c3sc4c(c3C#N)CCCC4)c2C)cc1. The van der Waals surface area contributed by atoms with Gasteiger partial charge in [0.05, 0.1) is 11.8 Å². The fourth-order valence-corrected chi connectivity index (χ4v) is 5.64. The second-order valence-electron chi connectivity index (χ2n) is 8.12. The van der Waals surface area contributed by atoms with Gasteiger partial charge in [0.25, 0.3) is 5.91 Å². The molecule has 33 heavy (non-hydrogen) atoms. The zero-order valence-electron chi connectivity index (χ0n) is 18.9. The first-order valence-corrected chi connectivity index (χ1v) is 11.7. The molecule has 0 bridgehead atoms. The van der Waals surface area contributed by atoms with Crippen LogP contribution in [0.15, 0.2) is 35.4 Å². The standard InChI is InChI=1S/C25H25N5O2S/c1-15-12-19(14-27-29-24(32)18-8-10-20(11-9-18)28-17(3)31)16(2)30(15)25-22(13-26)21-6-4-5-7-23(21)33-25/h8-12,14H,4-7H2,1-3H3,(H,28,31)(H,29,32)/b27-14-. The Labute approximate surface area is 196 Å². The Balaban J connectivity index is 1.52. The number of nitriles is 1. The Morgan fingerprint density at radius 2 is 1.91 bits per heavy atom. The zero-order chi connectivity index (χ0) is 23.5. The van der Waals surface area contributed by atoms with Gasteiger partial charge in [-0.25, -0.2) is 5.43 Å². The molecule has 0 saturated heterocycles. The number of benzene rings is 1. The summed E-state index contributed by atoms with van der Waals surface area (Å²) in [5.74, 6) is -0.508. The van der Waals surface area contributed by atoms with Crippen LogP contribution in [0, 0.1) is 25.2 Å². The number of carbonyl (C=O) groups excluding carboxylic acids is 2. The molecule has 0 radical (unpaired) electrons. The van der Waals surface area contributed by atoms with Crippen LogP contribution in [-0.2, 0) is 17.6 Å². The first-order chi connectivity index (χ1) is 15.9. The third-order valence-corrected chi connectivity index (χ3v) is 7.05. The number of hydrazone groups is 1. The van der Waals surface area contributed by atoms with E-state index in [0.717, 1.165) is 46.8 Å². The van der Waals surface area contributed by atoms with Gasteiger partial charge in [-0.05, 0) is 75.4 Å². The van der Waals surface area contributed by atoms with Gasteiger partial charge in [-0.3, -0.25) is 9.59 Å². The Hall–Kier alpha value is -3.70.